The maximum Gasteiger partial charge on any atom is 0.221 e. The summed E-state index contributed by atoms with van der Waals surface area (Å²) in [7, 11) is 1.76. The van der Waals surface area contributed by atoms with Gasteiger partial charge in [0.25, 0.3) is 0 Å². The Morgan fingerprint density at radius 2 is 0.880 bits per heavy atom. The molecule has 2 N–H and O–H groups in total. The fraction of sp³-hybridized carbons (Fsp3) is 1.00. The lowest BCUT2D eigenvalue weighted by Crippen LogP contribution is -2.43. The van der Waals surface area contributed by atoms with Gasteiger partial charge in [-0.15, -0.1) is 12.4 Å². The molecule has 0 rings (SSSR count). The second-order valence-electron chi connectivity index (χ2n) is 7.70. The highest BCUT2D eigenvalue weighted by molar-refractivity contribution is 5.85. The summed E-state index contributed by atoms with van der Waals surface area (Å²) < 4.78 is 0. The Kier molecular flexibility index (Phi) is 20.8. The van der Waals surface area contributed by atoms with E-state index in [-0.39, 0.29) is 12.4 Å². The molecule has 0 atom stereocenters. The molecule has 0 aliphatic rings. The fourth-order valence-corrected chi connectivity index (χ4v) is 3.11. The van der Waals surface area contributed by atoms with Crippen LogP contribution in [0.25, 0.3) is 0 Å². The molecule has 0 radical (unpaired) electrons. The van der Waals surface area contributed by atoms with Crippen LogP contribution in [0.15, 0.2) is 0 Å². The molecule has 0 fully saturated rings. The quantitative estimate of drug-likeness (QED) is 0.218. The summed E-state index contributed by atoms with van der Waals surface area (Å²) in [5.41, 5.74) is 0. The van der Waals surface area contributed by atoms with E-state index in [9.17, 15) is 10.2 Å². The van der Waals surface area contributed by atoms with E-state index < -0.39 is 5.91 Å². The minimum atomic E-state index is -1.67. The summed E-state index contributed by atoms with van der Waals surface area (Å²) in [6.07, 6.45) is 21.8. The highest BCUT2D eigenvalue weighted by Crippen LogP contribution is 2.14. The Morgan fingerprint density at radius 3 is 1.16 bits per heavy atom. The zero-order valence-electron chi connectivity index (χ0n) is 17.3. The molecule has 3 nitrogen and oxygen atoms in total. The van der Waals surface area contributed by atoms with Gasteiger partial charge >= 0.3 is 0 Å². The van der Waals surface area contributed by atoms with Crippen molar-refractivity contribution in [1.29, 1.82) is 0 Å². The maximum absolute atomic E-state index is 9.39. The van der Waals surface area contributed by atoms with E-state index >= 15 is 0 Å². The number of aliphatic hydroxyl groups is 2. The van der Waals surface area contributed by atoms with Gasteiger partial charge in [0.15, 0.2) is 0 Å². The van der Waals surface area contributed by atoms with Gasteiger partial charge in [-0.05, 0) is 13.5 Å². The van der Waals surface area contributed by atoms with Gasteiger partial charge in [0.1, 0.15) is 0 Å². The second-order valence-corrected chi connectivity index (χ2v) is 7.70. The minimum Gasteiger partial charge on any atom is -0.353 e. The van der Waals surface area contributed by atoms with Crippen LogP contribution in [0.2, 0.25) is 0 Å². The highest BCUT2D eigenvalue weighted by atomic mass is 35.5. The van der Waals surface area contributed by atoms with Gasteiger partial charge in [-0.3, -0.25) is 4.90 Å². The molecule has 154 valence electrons. The van der Waals surface area contributed by atoms with Crippen molar-refractivity contribution < 1.29 is 10.2 Å². The summed E-state index contributed by atoms with van der Waals surface area (Å²) in [6.45, 7) is 4.45. The summed E-state index contributed by atoms with van der Waals surface area (Å²) >= 11 is 0. The predicted octanol–water partition coefficient (Wildman–Crippen LogP) is 6.26. The van der Waals surface area contributed by atoms with E-state index in [0.717, 1.165) is 13.0 Å². The molecule has 0 heterocycles. The number of hydrogen-bond acceptors (Lipinski definition) is 3. The average molecular weight is 380 g/mol. The Labute approximate surface area is 164 Å². The van der Waals surface area contributed by atoms with Crippen LogP contribution >= 0.6 is 12.4 Å². The van der Waals surface area contributed by atoms with Crippen molar-refractivity contribution in [2.45, 2.75) is 122 Å². The molecular formula is C21H46ClNO2. The zero-order valence-corrected chi connectivity index (χ0v) is 18.1. The van der Waals surface area contributed by atoms with Crippen LogP contribution in [-0.2, 0) is 0 Å². The molecular weight excluding hydrogens is 334 g/mol. The van der Waals surface area contributed by atoms with Crippen LogP contribution in [-0.4, -0.2) is 34.6 Å². The topological polar surface area (TPSA) is 43.7 Å². The summed E-state index contributed by atoms with van der Waals surface area (Å²) in [5, 5.41) is 18.8. The molecule has 0 unspecified atom stereocenters. The Bertz CT molecular complexity index is 257. The Balaban J connectivity index is 0. The molecule has 0 spiro atoms. The van der Waals surface area contributed by atoms with Crippen molar-refractivity contribution in [1.82, 2.24) is 4.90 Å². The minimum absolute atomic E-state index is 0. The van der Waals surface area contributed by atoms with Gasteiger partial charge in [-0.2, -0.15) is 0 Å². The third-order valence-corrected chi connectivity index (χ3v) is 5.07. The number of nitrogens with zero attached hydrogens (tertiary/aromatic N) is 1. The molecule has 0 aliphatic carbocycles. The van der Waals surface area contributed by atoms with E-state index in [4.69, 9.17) is 0 Å². The van der Waals surface area contributed by atoms with Crippen LogP contribution in [0.3, 0.4) is 0 Å². The van der Waals surface area contributed by atoms with Gasteiger partial charge in [-0.25, -0.2) is 0 Å². The van der Waals surface area contributed by atoms with Crippen molar-refractivity contribution in [2.75, 3.05) is 13.6 Å². The standard InChI is InChI=1S/C21H45NO2.ClH/c1-4-5-6-7-8-9-10-11-12-13-14-15-16-17-18-19-20-22(3)21(2,23)24;/h23-24H,4-20H2,1-3H3;1H. The molecule has 0 saturated carbocycles. The SMILES string of the molecule is CCCCCCCCCCCCCCCCCCN(C)C(C)(O)O.Cl. The molecule has 0 bridgehead atoms. The van der Waals surface area contributed by atoms with Gasteiger partial charge in [-0.1, -0.05) is 103 Å². The largest absolute Gasteiger partial charge is 0.353 e. The van der Waals surface area contributed by atoms with Crippen LogP contribution in [0.5, 0.6) is 0 Å². The average Bonchev–Trinajstić information content (AvgIpc) is 2.53. The first-order chi connectivity index (χ1) is 11.5. The molecule has 0 aromatic carbocycles. The molecule has 25 heavy (non-hydrogen) atoms. The van der Waals surface area contributed by atoms with Crippen LogP contribution in [0.4, 0.5) is 0 Å². The number of rotatable bonds is 18. The fourth-order valence-electron chi connectivity index (χ4n) is 3.11. The lowest BCUT2D eigenvalue weighted by atomic mass is 10.0. The Morgan fingerprint density at radius 1 is 0.600 bits per heavy atom. The van der Waals surface area contributed by atoms with Gasteiger partial charge in [0, 0.05) is 13.5 Å². The van der Waals surface area contributed by atoms with E-state index in [2.05, 4.69) is 6.92 Å². The number of hydrogen-bond donors (Lipinski definition) is 2. The molecule has 0 saturated heterocycles. The third kappa shape index (κ3) is 20.3. The Hall–Kier alpha value is 0.170. The first kappa shape index (κ1) is 27.4. The van der Waals surface area contributed by atoms with Crippen molar-refractivity contribution in [3.8, 4) is 0 Å². The van der Waals surface area contributed by atoms with Crippen LogP contribution < -0.4 is 0 Å². The molecule has 4 heteroatoms. The van der Waals surface area contributed by atoms with Crippen molar-refractivity contribution in [2.24, 2.45) is 0 Å². The monoisotopic (exact) mass is 379 g/mol. The summed E-state index contributed by atoms with van der Waals surface area (Å²) in [6, 6.07) is 0. The molecule has 0 aromatic rings. The zero-order chi connectivity index (χ0) is 18.1. The third-order valence-electron chi connectivity index (χ3n) is 5.07. The van der Waals surface area contributed by atoms with E-state index in [1.807, 2.05) is 0 Å². The first-order valence-electron chi connectivity index (χ1n) is 10.6. The van der Waals surface area contributed by atoms with E-state index in [0.29, 0.717) is 0 Å². The highest BCUT2D eigenvalue weighted by Gasteiger charge is 2.20. The van der Waals surface area contributed by atoms with Crippen molar-refractivity contribution in [3.63, 3.8) is 0 Å². The summed E-state index contributed by atoms with van der Waals surface area (Å²) in [4.78, 5) is 1.59. The van der Waals surface area contributed by atoms with Gasteiger partial charge in [0.05, 0.1) is 0 Å². The van der Waals surface area contributed by atoms with Crippen molar-refractivity contribution in [3.05, 3.63) is 0 Å². The lowest BCUT2D eigenvalue weighted by molar-refractivity contribution is -0.242. The number of unbranched alkanes of at least 4 members (excludes halogenated alkanes) is 15. The van der Waals surface area contributed by atoms with Crippen LogP contribution in [0.1, 0.15) is 117 Å². The molecule has 0 aromatic heterocycles. The summed E-state index contributed by atoms with van der Waals surface area (Å²) in [5.74, 6) is -1.67. The van der Waals surface area contributed by atoms with E-state index in [1.165, 1.54) is 103 Å². The van der Waals surface area contributed by atoms with Crippen molar-refractivity contribution >= 4 is 12.4 Å². The normalized spacial score (nSPS) is 11.8. The van der Waals surface area contributed by atoms with Gasteiger partial charge in [0.2, 0.25) is 5.91 Å². The second kappa shape index (κ2) is 18.9. The lowest BCUT2D eigenvalue weighted by Gasteiger charge is -2.28. The number of halogens is 1. The first-order valence-corrected chi connectivity index (χ1v) is 10.6. The predicted molar refractivity (Wildman–Crippen MR) is 112 cm³/mol. The van der Waals surface area contributed by atoms with Gasteiger partial charge < -0.3 is 10.2 Å². The maximum atomic E-state index is 9.39. The van der Waals surface area contributed by atoms with Crippen LogP contribution in [0, 0.1) is 0 Å². The molecule has 0 amide bonds. The van der Waals surface area contributed by atoms with E-state index in [1.54, 1.807) is 11.9 Å². The molecule has 0 aliphatic heterocycles. The smallest absolute Gasteiger partial charge is 0.221 e.